The molecule has 0 amide bonds. The van der Waals surface area contributed by atoms with E-state index in [1.807, 2.05) is 45.1 Å². The standard InChI is InChI=1S/C18H20N2O/c1-5-16(9-8-15(4)21-14-20)12-17(6-2)10-11-18(7-3)13-19/h5-11H,4,12H2,1-3H3/b9-8-,11-10-,16-5+,17-6+,18-7+. The van der Waals surface area contributed by atoms with E-state index in [1.165, 1.54) is 0 Å². The fourth-order valence-electron chi connectivity index (χ4n) is 1.44. The van der Waals surface area contributed by atoms with Gasteiger partial charge >= 0.3 is 0 Å². The van der Waals surface area contributed by atoms with E-state index in [4.69, 9.17) is 10.5 Å². The van der Waals surface area contributed by atoms with Crippen molar-refractivity contribution in [2.45, 2.75) is 27.2 Å². The van der Waals surface area contributed by atoms with E-state index >= 15 is 0 Å². The second kappa shape index (κ2) is 11.1. The van der Waals surface area contributed by atoms with Crippen molar-refractivity contribution >= 4 is 0 Å². The zero-order valence-corrected chi connectivity index (χ0v) is 12.8. The zero-order valence-electron chi connectivity index (χ0n) is 12.8. The van der Waals surface area contributed by atoms with Crippen LogP contribution in [0.4, 0.5) is 0 Å². The van der Waals surface area contributed by atoms with Crippen LogP contribution in [0.15, 0.2) is 71.6 Å². The fraction of sp³-hybridized carbons (Fsp3) is 0.222. The predicted molar refractivity (Wildman–Crippen MR) is 85.6 cm³/mol. The van der Waals surface area contributed by atoms with Crippen molar-refractivity contribution in [3.63, 3.8) is 0 Å². The molecule has 0 N–H and O–H groups in total. The molecule has 0 aromatic rings. The van der Waals surface area contributed by atoms with E-state index < -0.39 is 0 Å². The highest BCUT2D eigenvalue weighted by atomic mass is 16.5. The molecule has 0 heterocycles. The number of allylic oxidation sites excluding steroid dienone is 10. The average molecular weight is 280 g/mol. The molecule has 0 aliphatic carbocycles. The Hall–Kier alpha value is -2.78. The Morgan fingerprint density at radius 3 is 1.95 bits per heavy atom. The molecule has 0 bridgehead atoms. The normalized spacial score (nSPS) is 13.3. The van der Waals surface area contributed by atoms with Crippen LogP contribution in [0.2, 0.25) is 0 Å². The Labute approximate surface area is 127 Å². The molecule has 0 spiro atoms. The minimum absolute atomic E-state index is 0.301. The molecule has 0 unspecified atom stereocenters. The lowest BCUT2D eigenvalue weighted by atomic mass is 10.0. The van der Waals surface area contributed by atoms with Crippen LogP contribution in [0.3, 0.4) is 0 Å². The first-order valence-electron chi connectivity index (χ1n) is 6.59. The largest absolute Gasteiger partial charge is 0.389 e. The van der Waals surface area contributed by atoms with Crippen molar-refractivity contribution in [3.8, 4) is 12.3 Å². The molecular weight excluding hydrogens is 260 g/mol. The van der Waals surface area contributed by atoms with Crippen LogP contribution in [0, 0.1) is 22.8 Å². The van der Waals surface area contributed by atoms with Gasteiger partial charge in [-0.05, 0) is 50.5 Å². The molecule has 3 heteroatoms. The maximum Gasteiger partial charge on any atom is 0.292 e. The number of hydrogen-bond donors (Lipinski definition) is 0. The second-order valence-corrected chi connectivity index (χ2v) is 4.09. The number of ether oxygens (including phenoxy) is 1. The molecule has 0 fully saturated rings. The third-order valence-corrected chi connectivity index (χ3v) is 2.73. The van der Waals surface area contributed by atoms with Crippen molar-refractivity contribution in [2.24, 2.45) is 0 Å². The van der Waals surface area contributed by atoms with Crippen LogP contribution < -0.4 is 0 Å². The number of nitriles is 2. The third kappa shape index (κ3) is 8.08. The highest BCUT2D eigenvalue weighted by Crippen LogP contribution is 2.15. The Bertz CT molecular complexity index is 588. The van der Waals surface area contributed by atoms with Gasteiger partial charge < -0.3 is 4.74 Å². The lowest BCUT2D eigenvalue weighted by Crippen LogP contribution is -1.85. The molecule has 0 radical (unpaired) electrons. The summed E-state index contributed by atoms with van der Waals surface area (Å²) < 4.78 is 4.60. The van der Waals surface area contributed by atoms with E-state index in [1.54, 1.807) is 24.5 Å². The van der Waals surface area contributed by atoms with Gasteiger partial charge in [0.2, 0.25) is 0 Å². The van der Waals surface area contributed by atoms with Crippen LogP contribution in [0.25, 0.3) is 0 Å². The minimum Gasteiger partial charge on any atom is -0.389 e. The number of nitrogens with zero attached hydrogens (tertiary/aromatic N) is 2. The van der Waals surface area contributed by atoms with Crippen LogP contribution in [-0.2, 0) is 4.74 Å². The maximum atomic E-state index is 8.87. The number of hydrogen-bond acceptors (Lipinski definition) is 3. The monoisotopic (exact) mass is 280 g/mol. The van der Waals surface area contributed by atoms with Crippen molar-refractivity contribution in [1.82, 2.24) is 0 Å². The van der Waals surface area contributed by atoms with Crippen LogP contribution >= 0.6 is 0 Å². The molecule has 0 saturated carbocycles. The SMILES string of the molecule is C=C(/C=C\C(=C/C)CC(/C=C\C(C#N)=C/C)=C/C)OC#N. The van der Waals surface area contributed by atoms with Crippen LogP contribution in [-0.4, -0.2) is 0 Å². The van der Waals surface area contributed by atoms with Crippen molar-refractivity contribution in [3.05, 3.63) is 71.6 Å². The lowest BCUT2D eigenvalue weighted by molar-refractivity contribution is 0.395. The first kappa shape index (κ1) is 18.2. The van der Waals surface area contributed by atoms with Gasteiger partial charge in [-0.25, -0.2) is 0 Å². The van der Waals surface area contributed by atoms with E-state index in [0.717, 1.165) is 17.6 Å². The maximum absolute atomic E-state index is 8.87. The van der Waals surface area contributed by atoms with E-state index in [2.05, 4.69) is 17.4 Å². The summed E-state index contributed by atoms with van der Waals surface area (Å²) in [6.07, 6.45) is 15.3. The molecule has 0 rings (SSSR count). The summed E-state index contributed by atoms with van der Waals surface area (Å²) in [7, 11) is 0. The molecule has 108 valence electrons. The van der Waals surface area contributed by atoms with Gasteiger partial charge in [0.05, 0.1) is 6.07 Å². The summed E-state index contributed by atoms with van der Waals surface area (Å²) in [4.78, 5) is 0. The van der Waals surface area contributed by atoms with Crippen LogP contribution in [0.1, 0.15) is 27.2 Å². The highest BCUT2D eigenvalue weighted by Gasteiger charge is 1.97. The average Bonchev–Trinajstić information content (AvgIpc) is 2.50. The molecule has 0 aliphatic heterocycles. The van der Waals surface area contributed by atoms with Crippen molar-refractivity contribution < 1.29 is 4.74 Å². The van der Waals surface area contributed by atoms with E-state index in [-0.39, 0.29) is 0 Å². The first-order chi connectivity index (χ1) is 10.1. The van der Waals surface area contributed by atoms with E-state index in [0.29, 0.717) is 11.3 Å². The Balaban J connectivity index is 4.86. The summed E-state index contributed by atoms with van der Waals surface area (Å²) in [6.45, 7) is 9.33. The van der Waals surface area contributed by atoms with Gasteiger partial charge in [-0.1, -0.05) is 37.0 Å². The Morgan fingerprint density at radius 1 is 0.952 bits per heavy atom. The molecular formula is C18H20N2O. The topological polar surface area (TPSA) is 56.8 Å². The van der Waals surface area contributed by atoms with Gasteiger partial charge in [0.15, 0.2) is 0 Å². The molecule has 21 heavy (non-hydrogen) atoms. The minimum atomic E-state index is 0.301. The second-order valence-electron chi connectivity index (χ2n) is 4.09. The summed E-state index contributed by atoms with van der Waals surface area (Å²) >= 11 is 0. The summed E-state index contributed by atoms with van der Waals surface area (Å²) in [5.74, 6) is 0.301. The quantitative estimate of drug-likeness (QED) is 0.289. The molecule has 3 nitrogen and oxygen atoms in total. The van der Waals surface area contributed by atoms with Gasteiger partial charge in [0, 0.05) is 5.57 Å². The summed E-state index contributed by atoms with van der Waals surface area (Å²) in [5, 5.41) is 17.3. The summed E-state index contributed by atoms with van der Waals surface area (Å²) in [5.41, 5.74) is 2.78. The number of rotatable bonds is 7. The van der Waals surface area contributed by atoms with Crippen molar-refractivity contribution in [1.29, 1.82) is 10.5 Å². The van der Waals surface area contributed by atoms with Gasteiger partial charge in [-0.3, -0.25) is 0 Å². The molecule has 0 saturated heterocycles. The molecule has 0 atom stereocenters. The Morgan fingerprint density at radius 2 is 1.52 bits per heavy atom. The van der Waals surface area contributed by atoms with Crippen LogP contribution in [0.5, 0.6) is 0 Å². The highest BCUT2D eigenvalue weighted by molar-refractivity contribution is 5.39. The van der Waals surface area contributed by atoms with Gasteiger partial charge in [-0.15, -0.1) is 5.26 Å². The fourth-order valence-corrected chi connectivity index (χ4v) is 1.44. The smallest absolute Gasteiger partial charge is 0.292 e. The van der Waals surface area contributed by atoms with Gasteiger partial charge in [-0.2, -0.15) is 5.26 Å². The van der Waals surface area contributed by atoms with Gasteiger partial charge in [0.25, 0.3) is 6.26 Å². The molecule has 0 aromatic carbocycles. The Kier molecular flexibility index (Phi) is 9.61. The third-order valence-electron chi connectivity index (χ3n) is 2.73. The zero-order chi connectivity index (χ0) is 16.1. The van der Waals surface area contributed by atoms with E-state index in [9.17, 15) is 0 Å². The molecule has 0 aliphatic rings. The predicted octanol–water partition coefficient (Wildman–Crippen LogP) is 4.86. The molecule has 0 aromatic heterocycles. The van der Waals surface area contributed by atoms with Gasteiger partial charge in [0.1, 0.15) is 5.76 Å². The lowest BCUT2D eigenvalue weighted by Gasteiger charge is -2.03. The summed E-state index contributed by atoms with van der Waals surface area (Å²) in [6, 6.07) is 2.11. The first-order valence-corrected chi connectivity index (χ1v) is 6.59. The van der Waals surface area contributed by atoms with Crippen molar-refractivity contribution in [2.75, 3.05) is 0 Å².